The number of hydrogen-bond acceptors (Lipinski definition) is 3. The van der Waals surface area contributed by atoms with Crippen molar-refractivity contribution in [2.24, 2.45) is 0 Å². The van der Waals surface area contributed by atoms with Gasteiger partial charge >= 0.3 is 0 Å². The fourth-order valence-corrected chi connectivity index (χ4v) is 3.78. The summed E-state index contributed by atoms with van der Waals surface area (Å²) >= 11 is 0. The number of sulfonamides is 1. The van der Waals surface area contributed by atoms with Crippen molar-refractivity contribution >= 4 is 16.1 Å². The number of rotatable bonds is 10. The summed E-state index contributed by atoms with van der Waals surface area (Å²) in [6, 6.07) is 26.8. The fraction of sp³-hybridized carbons (Fsp3) is 0.167. The fourth-order valence-electron chi connectivity index (χ4n) is 2.74. The highest BCUT2D eigenvalue weighted by molar-refractivity contribution is 7.89. The van der Waals surface area contributed by atoms with E-state index in [1.54, 1.807) is 30.3 Å². The van der Waals surface area contributed by atoms with Crippen molar-refractivity contribution in [3.05, 3.63) is 102 Å². The summed E-state index contributed by atoms with van der Waals surface area (Å²) < 4.78 is 32.9. The minimum absolute atomic E-state index is 0.250. The van der Waals surface area contributed by atoms with E-state index in [4.69, 9.17) is 4.74 Å². The Hall–Kier alpha value is -2.89. The lowest BCUT2D eigenvalue weighted by molar-refractivity contribution is 0.311. The minimum atomic E-state index is -3.51. The van der Waals surface area contributed by atoms with Crippen LogP contribution in [0.5, 0.6) is 5.75 Å². The van der Waals surface area contributed by atoms with Gasteiger partial charge < -0.3 is 4.74 Å². The van der Waals surface area contributed by atoms with Crippen LogP contribution < -0.4 is 9.46 Å². The van der Waals surface area contributed by atoms with E-state index in [1.807, 2.05) is 54.6 Å². The van der Waals surface area contributed by atoms with Gasteiger partial charge in [0.15, 0.2) is 0 Å². The minimum Gasteiger partial charge on any atom is -0.493 e. The molecule has 149 valence electrons. The Morgan fingerprint density at radius 3 is 2.59 bits per heavy atom. The molecule has 0 heterocycles. The topological polar surface area (TPSA) is 55.4 Å². The maximum Gasteiger partial charge on any atom is 0.240 e. The van der Waals surface area contributed by atoms with E-state index in [0.717, 1.165) is 29.7 Å². The molecule has 0 saturated carbocycles. The van der Waals surface area contributed by atoms with Gasteiger partial charge in [0.2, 0.25) is 10.0 Å². The predicted octanol–water partition coefficient (Wildman–Crippen LogP) is 4.84. The molecule has 1 radical (unpaired) electrons. The first-order valence-corrected chi connectivity index (χ1v) is 11.0. The van der Waals surface area contributed by atoms with Crippen LogP contribution in [0.4, 0.5) is 0 Å². The standard InChI is InChI=1S/C24H24NO3S/c26-29(27,24-16-7-2-8-17-24)25-20-22-13-10-12-21(19-22)11-4-3-9-18-28-23-14-5-1-6-15-23/h1-2,4-8,10-14,16-17,19,25H,3,9,18,20H2/b11-4+. The first-order chi connectivity index (χ1) is 14.1. The molecular formula is C24H24NO3S. The molecule has 4 nitrogen and oxygen atoms in total. The molecule has 3 aromatic carbocycles. The van der Waals surface area contributed by atoms with Crippen LogP contribution in [0.25, 0.3) is 6.08 Å². The third kappa shape index (κ3) is 6.89. The highest BCUT2D eigenvalue weighted by Gasteiger charge is 2.12. The van der Waals surface area contributed by atoms with Crippen molar-refractivity contribution in [1.29, 1.82) is 0 Å². The average Bonchev–Trinajstić information content (AvgIpc) is 2.76. The summed E-state index contributed by atoms with van der Waals surface area (Å²) in [6.07, 6.45) is 5.96. The SMILES string of the molecule is O=S(=O)(NCc1cccc(/C=C/CCCOc2[c]cccc2)c1)c1ccccc1. The van der Waals surface area contributed by atoms with E-state index >= 15 is 0 Å². The Morgan fingerprint density at radius 1 is 0.966 bits per heavy atom. The van der Waals surface area contributed by atoms with Crippen LogP contribution >= 0.6 is 0 Å². The largest absolute Gasteiger partial charge is 0.493 e. The molecule has 3 rings (SSSR count). The van der Waals surface area contributed by atoms with Crippen molar-refractivity contribution in [3.63, 3.8) is 0 Å². The van der Waals surface area contributed by atoms with Crippen LogP contribution in [-0.2, 0) is 16.6 Å². The van der Waals surface area contributed by atoms with Gasteiger partial charge in [-0.15, -0.1) is 0 Å². The Bertz CT molecular complexity index is 1020. The quantitative estimate of drug-likeness (QED) is 0.490. The van der Waals surface area contributed by atoms with Crippen LogP contribution in [0.3, 0.4) is 0 Å². The Morgan fingerprint density at radius 2 is 1.79 bits per heavy atom. The van der Waals surface area contributed by atoms with Crippen LogP contribution in [-0.4, -0.2) is 15.0 Å². The van der Waals surface area contributed by atoms with E-state index in [-0.39, 0.29) is 11.4 Å². The number of ether oxygens (including phenoxy) is 1. The number of benzene rings is 3. The molecule has 0 bridgehead atoms. The number of hydrogen-bond donors (Lipinski definition) is 1. The van der Waals surface area contributed by atoms with Gasteiger partial charge in [0.25, 0.3) is 0 Å². The molecule has 0 spiro atoms. The van der Waals surface area contributed by atoms with Crippen molar-refractivity contribution in [2.45, 2.75) is 24.3 Å². The Kier molecular flexibility index (Phi) is 7.61. The molecule has 0 aliphatic heterocycles. The van der Waals surface area contributed by atoms with Crippen molar-refractivity contribution in [3.8, 4) is 5.75 Å². The Labute approximate surface area is 172 Å². The normalized spacial score (nSPS) is 11.6. The lowest BCUT2D eigenvalue weighted by Crippen LogP contribution is -2.23. The van der Waals surface area contributed by atoms with E-state index in [2.05, 4.69) is 16.9 Å². The summed E-state index contributed by atoms with van der Waals surface area (Å²) in [7, 11) is -3.51. The van der Waals surface area contributed by atoms with Crippen LogP contribution in [0.2, 0.25) is 0 Å². The first-order valence-electron chi connectivity index (χ1n) is 9.53. The van der Waals surface area contributed by atoms with Crippen LogP contribution in [0, 0.1) is 6.07 Å². The highest BCUT2D eigenvalue weighted by Crippen LogP contribution is 2.12. The zero-order valence-electron chi connectivity index (χ0n) is 16.1. The lowest BCUT2D eigenvalue weighted by atomic mass is 10.1. The summed E-state index contributed by atoms with van der Waals surface area (Å²) in [5.41, 5.74) is 1.95. The second-order valence-electron chi connectivity index (χ2n) is 6.50. The molecule has 0 atom stereocenters. The molecule has 0 aliphatic rings. The molecule has 0 aromatic heterocycles. The van der Waals surface area contributed by atoms with Gasteiger partial charge in [0.05, 0.1) is 11.5 Å². The van der Waals surface area contributed by atoms with Crippen molar-refractivity contribution in [1.82, 2.24) is 4.72 Å². The second kappa shape index (κ2) is 10.6. The van der Waals surface area contributed by atoms with Gasteiger partial charge in [-0.1, -0.05) is 72.8 Å². The Balaban J connectivity index is 1.46. The highest BCUT2D eigenvalue weighted by atomic mass is 32.2. The molecule has 0 aliphatic carbocycles. The average molecular weight is 407 g/mol. The molecule has 1 N–H and O–H groups in total. The van der Waals surface area contributed by atoms with E-state index < -0.39 is 10.0 Å². The zero-order chi connectivity index (χ0) is 20.4. The zero-order valence-corrected chi connectivity index (χ0v) is 16.9. The monoisotopic (exact) mass is 406 g/mol. The number of allylic oxidation sites excluding steroid dienone is 1. The third-order valence-corrected chi connectivity index (χ3v) is 5.65. The van der Waals surface area contributed by atoms with Gasteiger partial charge in [0.1, 0.15) is 5.75 Å². The molecular weight excluding hydrogens is 382 g/mol. The number of para-hydroxylation sites is 1. The van der Waals surface area contributed by atoms with E-state index in [1.165, 1.54) is 0 Å². The second-order valence-corrected chi connectivity index (χ2v) is 8.27. The molecule has 0 saturated heterocycles. The summed E-state index contributed by atoms with van der Waals surface area (Å²) in [4.78, 5) is 0.270. The van der Waals surface area contributed by atoms with Crippen molar-refractivity contribution in [2.75, 3.05) is 6.61 Å². The molecule has 3 aromatic rings. The maximum atomic E-state index is 12.3. The van der Waals surface area contributed by atoms with Gasteiger partial charge in [-0.2, -0.15) is 0 Å². The molecule has 0 amide bonds. The molecule has 5 heteroatoms. The number of nitrogens with one attached hydrogen (secondary N) is 1. The molecule has 0 fully saturated rings. The van der Waals surface area contributed by atoms with Crippen molar-refractivity contribution < 1.29 is 13.2 Å². The number of unbranched alkanes of at least 4 members (excludes halogenated alkanes) is 1. The van der Waals surface area contributed by atoms with Crippen LogP contribution in [0.15, 0.2) is 89.8 Å². The van der Waals surface area contributed by atoms with Crippen LogP contribution in [0.1, 0.15) is 24.0 Å². The molecule has 0 unspecified atom stereocenters. The first kappa shape index (κ1) is 20.8. The van der Waals surface area contributed by atoms with Gasteiger partial charge in [0, 0.05) is 12.6 Å². The van der Waals surface area contributed by atoms with E-state index in [9.17, 15) is 8.42 Å². The van der Waals surface area contributed by atoms with E-state index in [0.29, 0.717) is 6.61 Å². The molecule has 29 heavy (non-hydrogen) atoms. The van der Waals surface area contributed by atoms with Gasteiger partial charge in [-0.05, 0) is 42.2 Å². The smallest absolute Gasteiger partial charge is 0.240 e. The third-order valence-electron chi connectivity index (χ3n) is 4.23. The summed E-state index contributed by atoms with van der Waals surface area (Å²) in [6.45, 7) is 0.895. The summed E-state index contributed by atoms with van der Waals surface area (Å²) in [5, 5.41) is 0. The van der Waals surface area contributed by atoms with Gasteiger partial charge in [-0.25, -0.2) is 13.1 Å². The van der Waals surface area contributed by atoms with Gasteiger partial charge in [-0.3, -0.25) is 0 Å². The maximum absolute atomic E-state index is 12.3. The summed E-state index contributed by atoms with van der Waals surface area (Å²) in [5.74, 6) is 0.766. The lowest BCUT2D eigenvalue weighted by Gasteiger charge is -2.07. The predicted molar refractivity (Wildman–Crippen MR) is 116 cm³/mol.